The maximum absolute atomic E-state index is 11.1. The quantitative estimate of drug-likeness (QED) is 0.570. The van der Waals surface area contributed by atoms with E-state index in [-0.39, 0.29) is 11.8 Å². The molecule has 0 saturated heterocycles. The van der Waals surface area contributed by atoms with E-state index in [4.69, 9.17) is 15.7 Å². The molecule has 1 atom stereocenters. The minimum Gasteiger partial charge on any atom is -0.497 e. The molecule has 0 spiro atoms. The number of nitrogens with two attached hydrogens (primary N) is 1. The molecule has 2 amide bonds. The number of nitrogens with zero attached hydrogens (tertiary/aromatic N) is 1. The van der Waals surface area contributed by atoms with Gasteiger partial charge in [-0.15, -0.1) is 11.3 Å². The molecular formula is C15H19N3O4S. The molecule has 0 fully saturated rings. The summed E-state index contributed by atoms with van der Waals surface area (Å²) in [5, 5.41) is 8.09. The fourth-order valence-corrected chi connectivity index (χ4v) is 2.33. The Morgan fingerprint density at radius 2 is 2.04 bits per heavy atom. The average molecular weight is 337 g/mol. The number of thiazole rings is 1. The number of rotatable bonds is 5. The van der Waals surface area contributed by atoms with Gasteiger partial charge in [0.2, 0.25) is 5.91 Å². The van der Waals surface area contributed by atoms with Gasteiger partial charge in [-0.25, -0.2) is 5.48 Å². The monoisotopic (exact) mass is 337 g/mol. The normalized spacial score (nSPS) is 10.9. The number of aromatic nitrogens is 1. The van der Waals surface area contributed by atoms with E-state index in [1.165, 1.54) is 28.5 Å². The third-order valence-electron chi connectivity index (χ3n) is 3.03. The zero-order valence-electron chi connectivity index (χ0n) is 12.9. The first-order valence-electron chi connectivity index (χ1n) is 6.79. The Kier molecular flexibility index (Phi) is 7.72. The molecule has 0 unspecified atom stereocenters. The number of carbonyl (C=O) groups excluding carboxylic acids is 2. The van der Waals surface area contributed by atoms with Crippen molar-refractivity contribution in [3.05, 3.63) is 46.4 Å². The smallest absolute Gasteiger partial charge is 0.286 e. The molecule has 1 aromatic heterocycles. The minimum atomic E-state index is -0.516. The zero-order chi connectivity index (χ0) is 17.2. The number of hydrogen-bond donors (Lipinski definition) is 3. The van der Waals surface area contributed by atoms with Crippen LogP contribution in [0.4, 0.5) is 0 Å². The van der Waals surface area contributed by atoms with E-state index < -0.39 is 5.91 Å². The zero-order valence-corrected chi connectivity index (χ0v) is 13.7. The van der Waals surface area contributed by atoms with Gasteiger partial charge in [0.25, 0.3) is 5.91 Å². The molecule has 0 aliphatic rings. The summed E-state index contributed by atoms with van der Waals surface area (Å²) in [6, 6.07) is 7.41. The van der Waals surface area contributed by atoms with Crippen LogP contribution in [-0.4, -0.2) is 29.1 Å². The standard InChI is InChI=1S/C11H15NO2.C4H4N2O2S/c1-3-10(11(12)13)8-4-6-9(14-2)7-5-8;7-4(6-8)3-1-5-2-9-3/h4-7,10H,3H2,1-2H3,(H2,12,13);1-2,8H,(H,6,7)/t10-;/m0./s1. The van der Waals surface area contributed by atoms with Crippen LogP contribution in [0.25, 0.3) is 0 Å². The van der Waals surface area contributed by atoms with Gasteiger partial charge in [0.05, 0.1) is 24.7 Å². The molecule has 1 heterocycles. The van der Waals surface area contributed by atoms with E-state index in [2.05, 4.69) is 4.98 Å². The van der Waals surface area contributed by atoms with Crippen molar-refractivity contribution >= 4 is 23.2 Å². The predicted molar refractivity (Wildman–Crippen MR) is 86.6 cm³/mol. The number of primary amides is 1. The Morgan fingerprint density at radius 1 is 1.39 bits per heavy atom. The first-order valence-corrected chi connectivity index (χ1v) is 7.67. The molecule has 0 bridgehead atoms. The molecule has 0 aliphatic heterocycles. The van der Waals surface area contributed by atoms with Gasteiger partial charge < -0.3 is 10.5 Å². The number of hydroxylamine groups is 1. The van der Waals surface area contributed by atoms with Crippen LogP contribution >= 0.6 is 11.3 Å². The third-order valence-corrected chi connectivity index (χ3v) is 3.80. The van der Waals surface area contributed by atoms with E-state index in [1.54, 1.807) is 7.11 Å². The van der Waals surface area contributed by atoms with Crippen molar-refractivity contribution in [1.82, 2.24) is 10.5 Å². The lowest BCUT2D eigenvalue weighted by Gasteiger charge is -2.11. The van der Waals surface area contributed by atoms with Crippen molar-refractivity contribution in [3.8, 4) is 5.75 Å². The highest BCUT2D eigenvalue weighted by atomic mass is 32.1. The van der Waals surface area contributed by atoms with E-state index in [0.29, 0.717) is 4.88 Å². The Hall–Kier alpha value is -2.45. The summed E-state index contributed by atoms with van der Waals surface area (Å²) < 4.78 is 5.03. The van der Waals surface area contributed by atoms with Gasteiger partial charge in [0.1, 0.15) is 10.6 Å². The number of hydrogen-bond acceptors (Lipinski definition) is 6. The highest BCUT2D eigenvalue weighted by Gasteiger charge is 2.14. The minimum absolute atomic E-state index is 0.194. The molecule has 8 heteroatoms. The molecule has 124 valence electrons. The van der Waals surface area contributed by atoms with E-state index >= 15 is 0 Å². The predicted octanol–water partition coefficient (Wildman–Crippen LogP) is 1.94. The summed E-state index contributed by atoms with van der Waals surface area (Å²) in [7, 11) is 1.61. The topological polar surface area (TPSA) is 115 Å². The van der Waals surface area contributed by atoms with Crippen molar-refractivity contribution in [1.29, 1.82) is 0 Å². The van der Waals surface area contributed by atoms with E-state index in [0.717, 1.165) is 17.7 Å². The second-order valence-corrected chi connectivity index (χ2v) is 5.33. The first-order chi connectivity index (χ1) is 11.0. The fourth-order valence-electron chi connectivity index (χ4n) is 1.82. The second kappa shape index (κ2) is 9.54. The summed E-state index contributed by atoms with van der Waals surface area (Å²) in [6.07, 6.45) is 2.11. The number of nitrogens with one attached hydrogen (secondary N) is 1. The van der Waals surface area contributed by atoms with Crippen molar-refractivity contribution in [2.45, 2.75) is 19.3 Å². The number of methoxy groups -OCH3 is 1. The number of carbonyl (C=O) groups is 2. The van der Waals surface area contributed by atoms with Gasteiger partial charge in [-0.1, -0.05) is 19.1 Å². The van der Waals surface area contributed by atoms with Crippen LogP contribution in [0.3, 0.4) is 0 Å². The lowest BCUT2D eigenvalue weighted by atomic mass is 9.96. The molecule has 7 nitrogen and oxygen atoms in total. The van der Waals surface area contributed by atoms with Crippen LogP contribution in [0.1, 0.15) is 34.5 Å². The van der Waals surface area contributed by atoms with Gasteiger partial charge in [0.15, 0.2) is 0 Å². The van der Waals surface area contributed by atoms with Gasteiger partial charge in [0, 0.05) is 0 Å². The summed E-state index contributed by atoms with van der Waals surface area (Å²) in [5.74, 6) is -0.204. The molecule has 2 aromatic rings. The Morgan fingerprint density at radius 3 is 2.43 bits per heavy atom. The molecule has 23 heavy (non-hydrogen) atoms. The SMILES string of the molecule is CC[C@H](C(N)=O)c1ccc(OC)cc1.O=C(NO)c1cncs1. The Bertz CT molecular complexity index is 614. The maximum Gasteiger partial charge on any atom is 0.286 e. The summed E-state index contributed by atoms with van der Waals surface area (Å²) in [5.41, 5.74) is 9.24. The number of ether oxygens (including phenoxy) is 1. The van der Waals surface area contributed by atoms with E-state index in [1.807, 2.05) is 31.2 Å². The fraction of sp³-hybridized carbons (Fsp3) is 0.267. The van der Waals surface area contributed by atoms with Crippen molar-refractivity contribution in [3.63, 3.8) is 0 Å². The number of amides is 2. The number of benzene rings is 1. The molecule has 0 aliphatic carbocycles. The summed E-state index contributed by atoms with van der Waals surface area (Å²) in [6.45, 7) is 1.94. The lowest BCUT2D eigenvalue weighted by molar-refractivity contribution is -0.119. The molecule has 0 saturated carbocycles. The largest absolute Gasteiger partial charge is 0.497 e. The van der Waals surface area contributed by atoms with Crippen LogP contribution in [0, 0.1) is 0 Å². The first kappa shape index (κ1) is 18.6. The van der Waals surface area contributed by atoms with Crippen LogP contribution in [0.2, 0.25) is 0 Å². The van der Waals surface area contributed by atoms with Crippen LogP contribution in [0.15, 0.2) is 36.0 Å². The Balaban J connectivity index is 0.000000253. The third kappa shape index (κ3) is 5.68. The molecule has 0 radical (unpaired) electrons. The molecule has 2 rings (SSSR count). The Labute approximate surface area is 138 Å². The lowest BCUT2D eigenvalue weighted by Crippen LogP contribution is -2.20. The van der Waals surface area contributed by atoms with Crippen molar-refractivity contribution in [2.75, 3.05) is 7.11 Å². The van der Waals surface area contributed by atoms with Crippen molar-refractivity contribution in [2.24, 2.45) is 5.73 Å². The summed E-state index contributed by atoms with van der Waals surface area (Å²) >= 11 is 1.17. The highest BCUT2D eigenvalue weighted by Crippen LogP contribution is 2.21. The van der Waals surface area contributed by atoms with E-state index in [9.17, 15) is 9.59 Å². The molecule has 1 aromatic carbocycles. The van der Waals surface area contributed by atoms with Gasteiger partial charge >= 0.3 is 0 Å². The molecule has 4 N–H and O–H groups in total. The van der Waals surface area contributed by atoms with Crippen molar-refractivity contribution < 1.29 is 19.5 Å². The maximum atomic E-state index is 11.1. The van der Waals surface area contributed by atoms with Gasteiger partial charge in [-0.3, -0.25) is 19.8 Å². The average Bonchev–Trinajstić information content (AvgIpc) is 3.10. The van der Waals surface area contributed by atoms with Gasteiger partial charge in [-0.05, 0) is 24.1 Å². The van der Waals surface area contributed by atoms with Gasteiger partial charge in [-0.2, -0.15) is 0 Å². The highest BCUT2D eigenvalue weighted by molar-refractivity contribution is 7.11. The second-order valence-electron chi connectivity index (χ2n) is 4.44. The van der Waals surface area contributed by atoms with Crippen LogP contribution in [0.5, 0.6) is 5.75 Å². The van der Waals surface area contributed by atoms with Crippen LogP contribution in [-0.2, 0) is 4.79 Å². The van der Waals surface area contributed by atoms with Crippen LogP contribution < -0.4 is 16.0 Å². The molecular weight excluding hydrogens is 318 g/mol. The summed E-state index contributed by atoms with van der Waals surface area (Å²) in [4.78, 5) is 25.6.